The predicted molar refractivity (Wildman–Crippen MR) is 114 cm³/mol. The first-order chi connectivity index (χ1) is 15.3. The van der Waals surface area contributed by atoms with Crippen molar-refractivity contribution in [3.05, 3.63) is 52.6 Å². The Hall–Kier alpha value is -3.36. The summed E-state index contributed by atoms with van der Waals surface area (Å²) in [6, 6.07) is 5.95. The number of carbonyl (C=O) groups excluding carboxylic acids is 2. The van der Waals surface area contributed by atoms with E-state index in [1.165, 1.54) is 12.1 Å². The second-order valence-electron chi connectivity index (χ2n) is 8.57. The van der Waals surface area contributed by atoms with Crippen molar-refractivity contribution < 1.29 is 23.9 Å². The molecule has 9 heteroatoms. The number of rotatable bonds is 7. The summed E-state index contributed by atoms with van der Waals surface area (Å²) in [6.07, 6.45) is 4.44. The Morgan fingerprint density at radius 2 is 1.81 bits per heavy atom. The normalized spacial score (nSPS) is 22.3. The Bertz CT molecular complexity index is 1070. The third-order valence-electron chi connectivity index (χ3n) is 6.43. The number of carbonyl (C=O) groups is 3. The van der Waals surface area contributed by atoms with Crippen LogP contribution < -0.4 is 5.73 Å². The van der Waals surface area contributed by atoms with E-state index < -0.39 is 17.8 Å². The van der Waals surface area contributed by atoms with Crippen molar-refractivity contribution in [1.29, 1.82) is 0 Å². The van der Waals surface area contributed by atoms with Gasteiger partial charge < -0.3 is 10.8 Å². The average molecular weight is 440 g/mol. The summed E-state index contributed by atoms with van der Waals surface area (Å²) in [5.74, 6) is -2.70. The number of primary amides is 1. The third kappa shape index (κ3) is 4.46. The van der Waals surface area contributed by atoms with Crippen molar-refractivity contribution in [2.45, 2.75) is 44.6 Å². The first kappa shape index (κ1) is 21.9. The van der Waals surface area contributed by atoms with E-state index in [-0.39, 0.29) is 42.2 Å². The fourth-order valence-corrected chi connectivity index (χ4v) is 4.67. The fourth-order valence-electron chi connectivity index (χ4n) is 4.67. The topological polar surface area (TPSA) is 128 Å². The minimum Gasteiger partial charge on any atom is -0.481 e. The molecule has 4 rings (SSSR count). The van der Waals surface area contributed by atoms with Gasteiger partial charge in [0.2, 0.25) is 0 Å². The molecule has 1 saturated carbocycles. The van der Waals surface area contributed by atoms with Crippen molar-refractivity contribution in [1.82, 2.24) is 9.78 Å². The zero-order valence-corrected chi connectivity index (χ0v) is 17.5. The zero-order chi connectivity index (χ0) is 22.8. The number of hydrogen-bond donors (Lipinski definition) is 2. The maximum Gasteiger partial charge on any atom is 0.306 e. The number of carboxylic acid groups (broad SMARTS) is 1. The van der Waals surface area contributed by atoms with Gasteiger partial charge in [0.1, 0.15) is 11.6 Å². The number of halogens is 1. The number of carboxylic acids is 1. The highest BCUT2D eigenvalue weighted by atomic mass is 19.1. The summed E-state index contributed by atoms with van der Waals surface area (Å²) in [6.45, 7) is 0.501. The van der Waals surface area contributed by atoms with E-state index in [0.717, 1.165) is 5.56 Å². The molecule has 32 heavy (non-hydrogen) atoms. The van der Waals surface area contributed by atoms with E-state index in [0.29, 0.717) is 43.4 Å². The number of benzene rings is 1. The Morgan fingerprint density at radius 1 is 1.12 bits per heavy atom. The SMILES string of the molecule is NC(=O)c1nn(Cc2ccc(F)cc2)c2c1C(C(=O)CC1CCC(C(=O)O)CC1)CN=C2. The van der Waals surface area contributed by atoms with Crippen molar-refractivity contribution >= 4 is 23.9 Å². The molecule has 1 unspecified atom stereocenters. The summed E-state index contributed by atoms with van der Waals surface area (Å²) in [4.78, 5) is 40.8. The average Bonchev–Trinajstić information content (AvgIpc) is 3.14. The number of Topliss-reactive ketones (excluding diaryl/α,β-unsaturated/α-hetero) is 1. The molecular weight excluding hydrogens is 415 g/mol. The van der Waals surface area contributed by atoms with Gasteiger partial charge in [0, 0.05) is 18.2 Å². The molecule has 3 N–H and O–H groups in total. The van der Waals surface area contributed by atoms with Crippen molar-refractivity contribution in [2.24, 2.45) is 22.6 Å². The highest BCUT2D eigenvalue weighted by molar-refractivity contribution is 6.00. The lowest BCUT2D eigenvalue weighted by molar-refractivity contribution is -0.143. The van der Waals surface area contributed by atoms with E-state index in [9.17, 15) is 18.8 Å². The molecule has 0 spiro atoms. The Balaban J connectivity index is 1.55. The summed E-state index contributed by atoms with van der Waals surface area (Å²) >= 11 is 0. The van der Waals surface area contributed by atoms with Crippen LogP contribution in [0.15, 0.2) is 29.3 Å². The van der Waals surface area contributed by atoms with Crippen molar-refractivity contribution in [3.8, 4) is 0 Å². The van der Waals surface area contributed by atoms with Gasteiger partial charge >= 0.3 is 5.97 Å². The minimum atomic E-state index is -0.777. The van der Waals surface area contributed by atoms with Crippen LogP contribution >= 0.6 is 0 Å². The monoisotopic (exact) mass is 440 g/mol. The number of nitrogens with two attached hydrogens (primary N) is 1. The molecule has 1 aliphatic heterocycles. The summed E-state index contributed by atoms with van der Waals surface area (Å²) in [5.41, 5.74) is 7.47. The quantitative estimate of drug-likeness (QED) is 0.684. The Kier molecular flexibility index (Phi) is 6.16. The number of fused-ring (bicyclic) bond motifs is 1. The van der Waals surface area contributed by atoms with Crippen LogP contribution in [-0.2, 0) is 16.1 Å². The molecule has 0 saturated heterocycles. The Labute approximate surface area is 184 Å². The van der Waals surface area contributed by atoms with E-state index >= 15 is 0 Å². The zero-order valence-electron chi connectivity index (χ0n) is 17.5. The van der Waals surface area contributed by atoms with Gasteiger partial charge in [0.15, 0.2) is 5.69 Å². The second-order valence-corrected chi connectivity index (χ2v) is 8.57. The molecule has 1 atom stereocenters. The first-order valence-electron chi connectivity index (χ1n) is 10.7. The van der Waals surface area contributed by atoms with Gasteiger partial charge in [-0.25, -0.2) is 4.39 Å². The maximum atomic E-state index is 13.2. The van der Waals surface area contributed by atoms with Crippen molar-refractivity contribution in [2.75, 3.05) is 6.54 Å². The molecule has 1 aromatic heterocycles. The van der Waals surface area contributed by atoms with E-state index in [1.54, 1.807) is 23.0 Å². The van der Waals surface area contributed by atoms with E-state index in [2.05, 4.69) is 10.1 Å². The highest BCUT2D eigenvalue weighted by Crippen LogP contribution is 2.35. The number of amides is 1. The summed E-state index contributed by atoms with van der Waals surface area (Å²) in [7, 11) is 0. The fraction of sp³-hybridized carbons (Fsp3) is 0.435. The highest BCUT2D eigenvalue weighted by Gasteiger charge is 2.35. The molecule has 0 radical (unpaired) electrons. The van der Waals surface area contributed by atoms with Gasteiger partial charge in [-0.3, -0.25) is 24.1 Å². The van der Waals surface area contributed by atoms with Gasteiger partial charge in [0.25, 0.3) is 5.91 Å². The van der Waals surface area contributed by atoms with E-state index in [1.807, 2.05) is 0 Å². The number of aliphatic carboxylic acids is 1. The van der Waals surface area contributed by atoms with Gasteiger partial charge in [-0.15, -0.1) is 0 Å². The molecule has 1 aromatic carbocycles. The van der Waals surface area contributed by atoms with Crippen LogP contribution in [0.3, 0.4) is 0 Å². The largest absolute Gasteiger partial charge is 0.481 e. The molecular formula is C23H25FN4O4. The van der Waals surface area contributed by atoms with Crippen LogP contribution in [0.1, 0.15) is 65.3 Å². The van der Waals surface area contributed by atoms with Crippen LogP contribution in [0.5, 0.6) is 0 Å². The van der Waals surface area contributed by atoms with Gasteiger partial charge in [-0.05, 0) is 49.3 Å². The molecule has 2 aliphatic rings. The number of hydrogen-bond acceptors (Lipinski definition) is 5. The lowest BCUT2D eigenvalue weighted by Gasteiger charge is -2.27. The maximum absolute atomic E-state index is 13.2. The summed E-state index contributed by atoms with van der Waals surface area (Å²) in [5, 5.41) is 13.5. The van der Waals surface area contributed by atoms with E-state index in [4.69, 9.17) is 10.8 Å². The standard InChI is InChI=1S/C23H25FN4O4/c24-16-7-3-14(4-8-16)12-28-18-11-26-10-17(20(18)21(27-28)22(25)30)19(29)9-13-1-5-15(6-2-13)23(31)32/h3-4,7-8,11,13,15,17H,1-2,5-6,9-10,12H2,(H2,25,30)(H,31,32). The molecule has 2 heterocycles. The minimum absolute atomic E-state index is 0.0364. The molecule has 168 valence electrons. The van der Waals surface area contributed by atoms with Crippen LogP contribution in [0.4, 0.5) is 4.39 Å². The second kappa shape index (κ2) is 9.02. The predicted octanol–water partition coefficient (Wildman–Crippen LogP) is 2.54. The van der Waals surface area contributed by atoms with Crippen LogP contribution in [-0.4, -0.2) is 45.3 Å². The number of nitrogens with zero attached hydrogens (tertiary/aromatic N) is 3. The molecule has 1 aliphatic carbocycles. The molecule has 1 amide bonds. The molecule has 1 fully saturated rings. The van der Waals surface area contributed by atoms with Crippen LogP contribution in [0.2, 0.25) is 0 Å². The third-order valence-corrected chi connectivity index (χ3v) is 6.43. The van der Waals surface area contributed by atoms with Gasteiger partial charge in [0.05, 0.1) is 30.6 Å². The van der Waals surface area contributed by atoms with Crippen LogP contribution in [0.25, 0.3) is 0 Å². The van der Waals surface area contributed by atoms with Gasteiger partial charge in [-0.1, -0.05) is 12.1 Å². The smallest absolute Gasteiger partial charge is 0.306 e. The number of ketones is 1. The first-order valence-corrected chi connectivity index (χ1v) is 10.7. The molecule has 2 aromatic rings. The molecule has 0 bridgehead atoms. The van der Waals surface area contributed by atoms with Gasteiger partial charge in [-0.2, -0.15) is 5.10 Å². The number of aromatic nitrogens is 2. The van der Waals surface area contributed by atoms with Crippen molar-refractivity contribution in [3.63, 3.8) is 0 Å². The number of aliphatic imine (C=N–C) groups is 1. The summed E-state index contributed by atoms with van der Waals surface area (Å²) < 4.78 is 14.8. The Morgan fingerprint density at radius 3 is 2.44 bits per heavy atom. The lowest BCUT2D eigenvalue weighted by atomic mass is 9.77. The van der Waals surface area contributed by atoms with Crippen LogP contribution in [0, 0.1) is 17.7 Å². The molecule has 8 nitrogen and oxygen atoms in total. The lowest BCUT2D eigenvalue weighted by Crippen LogP contribution is -2.27.